The maximum absolute atomic E-state index is 14.3. The predicted octanol–water partition coefficient (Wildman–Crippen LogP) is 2.33. The highest BCUT2D eigenvalue weighted by Gasteiger charge is 2.30. The standard InChI is InChI=1S/C23H25FN4O4S2/c1-16-18(23(25)30)13-20(28(16)14-17-5-2-3-6-19(17)24)21(29)15-26-8-10-27(11-9-26)34(31,32)22-7-4-12-33-22/h2-7,12-13H,8-11,14-15H2,1H3,(H2,25,30). The van der Waals surface area contributed by atoms with Gasteiger partial charge in [-0.3, -0.25) is 14.5 Å². The molecule has 0 spiro atoms. The molecule has 1 aliphatic rings. The fourth-order valence-electron chi connectivity index (χ4n) is 4.08. The molecule has 0 radical (unpaired) electrons. The minimum absolute atomic E-state index is 0.0474. The first-order chi connectivity index (χ1) is 16.2. The number of amides is 1. The van der Waals surface area contributed by atoms with Gasteiger partial charge in [0.1, 0.15) is 10.0 Å². The Kier molecular flexibility index (Phi) is 6.99. The summed E-state index contributed by atoms with van der Waals surface area (Å²) in [6.45, 7) is 3.14. The van der Waals surface area contributed by atoms with E-state index in [1.807, 2.05) is 4.90 Å². The van der Waals surface area contributed by atoms with Gasteiger partial charge in [0.2, 0.25) is 0 Å². The number of benzene rings is 1. The molecule has 3 aromatic rings. The van der Waals surface area contributed by atoms with Gasteiger partial charge >= 0.3 is 0 Å². The molecule has 0 aliphatic carbocycles. The van der Waals surface area contributed by atoms with Crippen LogP contribution < -0.4 is 5.73 Å². The number of ketones is 1. The van der Waals surface area contributed by atoms with Gasteiger partial charge in [0, 0.05) is 37.4 Å². The molecule has 2 N–H and O–H groups in total. The lowest BCUT2D eigenvalue weighted by atomic mass is 10.2. The van der Waals surface area contributed by atoms with Gasteiger partial charge in [-0.25, -0.2) is 12.8 Å². The van der Waals surface area contributed by atoms with Gasteiger partial charge in [0.25, 0.3) is 15.9 Å². The Bertz CT molecular complexity index is 1310. The number of halogens is 1. The predicted molar refractivity (Wildman–Crippen MR) is 127 cm³/mol. The molecule has 0 saturated carbocycles. The third-order valence-electron chi connectivity index (χ3n) is 5.99. The van der Waals surface area contributed by atoms with Crippen LogP contribution in [0.5, 0.6) is 0 Å². The molecule has 0 atom stereocenters. The third kappa shape index (κ3) is 4.83. The van der Waals surface area contributed by atoms with Crippen LogP contribution in [0.2, 0.25) is 0 Å². The van der Waals surface area contributed by atoms with E-state index in [2.05, 4.69) is 0 Å². The first-order valence-corrected chi connectivity index (χ1v) is 13.0. The maximum atomic E-state index is 14.3. The van der Waals surface area contributed by atoms with Crippen molar-refractivity contribution in [2.24, 2.45) is 5.73 Å². The second-order valence-electron chi connectivity index (χ2n) is 8.11. The van der Waals surface area contributed by atoms with Crippen molar-refractivity contribution < 1.29 is 22.4 Å². The average Bonchev–Trinajstić information content (AvgIpc) is 3.45. The van der Waals surface area contributed by atoms with E-state index in [-0.39, 0.29) is 43.2 Å². The molecule has 1 amide bonds. The van der Waals surface area contributed by atoms with Gasteiger partial charge in [-0.2, -0.15) is 4.31 Å². The Morgan fingerprint density at radius 1 is 1.09 bits per heavy atom. The fraction of sp³-hybridized carbons (Fsp3) is 0.304. The lowest BCUT2D eigenvalue weighted by Gasteiger charge is -2.33. The van der Waals surface area contributed by atoms with Crippen LogP contribution >= 0.6 is 11.3 Å². The molecule has 3 heterocycles. The Balaban J connectivity index is 1.50. The number of carbonyl (C=O) groups excluding carboxylic acids is 2. The molecule has 4 rings (SSSR count). The second kappa shape index (κ2) is 9.79. The summed E-state index contributed by atoms with van der Waals surface area (Å²) in [7, 11) is -3.53. The summed E-state index contributed by atoms with van der Waals surface area (Å²) in [5, 5.41) is 1.72. The number of nitrogens with two attached hydrogens (primary N) is 1. The molecule has 180 valence electrons. The number of primary amides is 1. The zero-order valence-electron chi connectivity index (χ0n) is 18.6. The first kappa shape index (κ1) is 24.3. The molecule has 0 bridgehead atoms. The molecule has 0 unspecified atom stereocenters. The highest BCUT2D eigenvalue weighted by atomic mass is 32.2. The van der Waals surface area contributed by atoms with E-state index in [0.717, 1.165) is 0 Å². The molecule has 2 aromatic heterocycles. The third-order valence-corrected chi connectivity index (χ3v) is 9.26. The number of sulfonamides is 1. The number of hydrogen-bond acceptors (Lipinski definition) is 6. The van der Waals surface area contributed by atoms with E-state index in [1.165, 1.54) is 27.8 Å². The van der Waals surface area contributed by atoms with Crippen molar-refractivity contribution in [2.45, 2.75) is 17.7 Å². The number of thiophene rings is 1. The number of aromatic nitrogens is 1. The van der Waals surface area contributed by atoms with E-state index < -0.39 is 21.7 Å². The van der Waals surface area contributed by atoms with Gasteiger partial charge in [-0.15, -0.1) is 11.3 Å². The van der Waals surface area contributed by atoms with Crippen molar-refractivity contribution in [3.05, 3.63) is 76.2 Å². The number of piperazine rings is 1. The molecule has 1 aliphatic heterocycles. The van der Waals surface area contributed by atoms with Gasteiger partial charge in [-0.1, -0.05) is 24.3 Å². The van der Waals surface area contributed by atoms with Crippen LogP contribution in [0, 0.1) is 12.7 Å². The van der Waals surface area contributed by atoms with Crippen molar-refractivity contribution in [1.82, 2.24) is 13.8 Å². The van der Waals surface area contributed by atoms with Gasteiger partial charge < -0.3 is 10.3 Å². The van der Waals surface area contributed by atoms with Crippen LogP contribution in [0.1, 0.15) is 32.1 Å². The molecule has 1 fully saturated rings. The lowest BCUT2D eigenvalue weighted by Crippen LogP contribution is -2.49. The Labute approximate surface area is 201 Å². The number of nitrogens with zero attached hydrogens (tertiary/aromatic N) is 3. The van der Waals surface area contributed by atoms with E-state index in [1.54, 1.807) is 47.2 Å². The smallest absolute Gasteiger partial charge is 0.252 e. The second-order valence-corrected chi connectivity index (χ2v) is 11.2. The van der Waals surface area contributed by atoms with Crippen LogP contribution in [-0.4, -0.2) is 66.6 Å². The fourth-order valence-corrected chi connectivity index (χ4v) is 6.64. The molecule has 34 heavy (non-hydrogen) atoms. The summed E-state index contributed by atoms with van der Waals surface area (Å²) in [6, 6.07) is 11.0. The largest absolute Gasteiger partial charge is 0.366 e. The van der Waals surface area contributed by atoms with Crippen molar-refractivity contribution >= 4 is 33.1 Å². The van der Waals surface area contributed by atoms with E-state index in [4.69, 9.17) is 5.73 Å². The normalized spacial score (nSPS) is 15.5. The molecule has 1 saturated heterocycles. The molecule has 8 nitrogen and oxygen atoms in total. The summed E-state index contributed by atoms with van der Waals surface area (Å²) in [6.07, 6.45) is 0. The summed E-state index contributed by atoms with van der Waals surface area (Å²) in [4.78, 5) is 27.0. The minimum atomic E-state index is -3.53. The molecular formula is C23H25FN4O4S2. The zero-order chi connectivity index (χ0) is 24.5. The van der Waals surface area contributed by atoms with Crippen molar-refractivity contribution in [3.63, 3.8) is 0 Å². The molecule has 1 aromatic carbocycles. The van der Waals surface area contributed by atoms with Crippen LogP contribution in [0.15, 0.2) is 52.1 Å². The van der Waals surface area contributed by atoms with Crippen LogP contribution in [0.4, 0.5) is 4.39 Å². The van der Waals surface area contributed by atoms with Crippen LogP contribution in [-0.2, 0) is 16.6 Å². The van der Waals surface area contributed by atoms with Crippen LogP contribution in [0.25, 0.3) is 0 Å². The monoisotopic (exact) mass is 504 g/mol. The van der Waals surface area contributed by atoms with Gasteiger partial charge in [-0.05, 0) is 30.5 Å². The quantitative estimate of drug-likeness (QED) is 0.474. The minimum Gasteiger partial charge on any atom is -0.366 e. The average molecular weight is 505 g/mol. The van der Waals surface area contributed by atoms with Gasteiger partial charge in [0.05, 0.1) is 24.3 Å². The van der Waals surface area contributed by atoms with Crippen molar-refractivity contribution in [2.75, 3.05) is 32.7 Å². The highest BCUT2D eigenvalue weighted by Crippen LogP contribution is 2.23. The van der Waals surface area contributed by atoms with Crippen molar-refractivity contribution in [3.8, 4) is 0 Å². The molecule has 11 heteroatoms. The Hall–Kier alpha value is -2.86. The Morgan fingerprint density at radius 2 is 1.79 bits per heavy atom. The van der Waals surface area contributed by atoms with E-state index in [9.17, 15) is 22.4 Å². The van der Waals surface area contributed by atoms with Crippen molar-refractivity contribution in [1.29, 1.82) is 0 Å². The van der Waals surface area contributed by atoms with Crippen LogP contribution in [0.3, 0.4) is 0 Å². The van der Waals surface area contributed by atoms with Gasteiger partial charge in [0.15, 0.2) is 5.78 Å². The number of Topliss-reactive ketones (excluding diaryl/α,β-unsaturated/α-hetero) is 1. The highest BCUT2D eigenvalue weighted by molar-refractivity contribution is 7.91. The first-order valence-electron chi connectivity index (χ1n) is 10.7. The number of rotatable bonds is 8. The Morgan fingerprint density at radius 3 is 2.41 bits per heavy atom. The molecular weight excluding hydrogens is 479 g/mol. The number of hydrogen-bond donors (Lipinski definition) is 1. The SMILES string of the molecule is Cc1c(C(N)=O)cc(C(=O)CN2CCN(S(=O)(=O)c3cccs3)CC2)n1Cc1ccccc1F. The summed E-state index contributed by atoms with van der Waals surface area (Å²) >= 11 is 1.18. The maximum Gasteiger partial charge on any atom is 0.252 e. The summed E-state index contributed by atoms with van der Waals surface area (Å²) in [5.74, 6) is -1.31. The van der Waals surface area contributed by atoms with E-state index >= 15 is 0 Å². The summed E-state index contributed by atoms with van der Waals surface area (Å²) in [5.41, 5.74) is 6.85. The van der Waals surface area contributed by atoms with E-state index in [0.29, 0.717) is 28.6 Å². The topological polar surface area (TPSA) is 106 Å². The number of carbonyl (C=O) groups is 2. The zero-order valence-corrected chi connectivity index (χ0v) is 20.2. The summed E-state index contributed by atoms with van der Waals surface area (Å²) < 4.78 is 43.0. The lowest BCUT2D eigenvalue weighted by molar-refractivity contribution is 0.0892.